The molecule has 0 bridgehead atoms. The van der Waals surface area contributed by atoms with Gasteiger partial charge in [0, 0.05) is 11.1 Å². The van der Waals surface area contributed by atoms with Crippen molar-refractivity contribution in [3.63, 3.8) is 0 Å². The van der Waals surface area contributed by atoms with Gasteiger partial charge in [-0.25, -0.2) is 9.18 Å². The topological polar surface area (TPSA) is 44.8 Å². The van der Waals surface area contributed by atoms with E-state index in [0.29, 0.717) is 21.2 Å². The van der Waals surface area contributed by atoms with Crippen LogP contribution in [-0.4, -0.2) is 13.3 Å². The molecular formula is C16H13Cl2FO4. The Morgan fingerprint density at radius 3 is 2.61 bits per heavy atom. The van der Waals surface area contributed by atoms with Gasteiger partial charge in [-0.15, -0.1) is 0 Å². The van der Waals surface area contributed by atoms with Gasteiger partial charge in [0.1, 0.15) is 12.4 Å². The van der Waals surface area contributed by atoms with Gasteiger partial charge < -0.3 is 14.2 Å². The highest BCUT2D eigenvalue weighted by atomic mass is 35.5. The van der Waals surface area contributed by atoms with E-state index in [1.807, 2.05) is 0 Å². The molecule has 0 saturated heterocycles. The molecule has 2 rings (SSSR count). The summed E-state index contributed by atoms with van der Waals surface area (Å²) in [5.41, 5.74) is 0.986. The molecule has 0 aliphatic carbocycles. The lowest BCUT2D eigenvalue weighted by Crippen LogP contribution is -2.10. The molecule has 0 aliphatic rings. The summed E-state index contributed by atoms with van der Waals surface area (Å²) in [4.78, 5) is 11.2. The minimum Gasteiger partial charge on any atom is -0.486 e. The Balaban J connectivity index is 2.23. The third kappa shape index (κ3) is 4.27. The van der Waals surface area contributed by atoms with Gasteiger partial charge >= 0.3 is 6.16 Å². The SMILES string of the molecule is COC(=O)Oc1cccc(Cl)c1COc1cc(Cl)c(C)cc1F. The molecule has 7 heteroatoms. The van der Waals surface area contributed by atoms with Crippen LogP contribution in [0, 0.1) is 12.7 Å². The second kappa shape index (κ2) is 7.53. The molecule has 0 atom stereocenters. The Kier molecular flexibility index (Phi) is 5.69. The lowest BCUT2D eigenvalue weighted by Gasteiger charge is -2.13. The molecular weight excluding hydrogens is 346 g/mol. The van der Waals surface area contributed by atoms with Gasteiger partial charge in [0.2, 0.25) is 0 Å². The number of hydrogen-bond acceptors (Lipinski definition) is 4. The minimum absolute atomic E-state index is 0.0236. The molecule has 0 radical (unpaired) electrons. The lowest BCUT2D eigenvalue weighted by molar-refractivity contribution is 0.120. The van der Waals surface area contributed by atoms with Crippen LogP contribution in [0.3, 0.4) is 0 Å². The number of benzene rings is 2. The van der Waals surface area contributed by atoms with Gasteiger partial charge in [-0.2, -0.15) is 0 Å². The Morgan fingerprint density at radius 2 is 1.91 bits per heavy atom. The Labute approximate surface area is 142 Å². The summed E-state index contributed by atoms with van der Waals surface area (Å²) in [5, 5.41) is 0.691. The zero-order valence-electron chi connectivity index (χ0n) is 12.4. The van der Waals surface area contributed by atoms with E-state index in [4.69, 9.17) is 32.7 Å². The van der Waals surface area contributed by atoms with E-state index in [-0.39, 0.29) is 18.1 Å². The van der Waals surface area contributed by atoms with Crippen LogP contribution in [0.15, 0.2) is 30.3 Å². The molecule has 2 aromatic carbocycles. The fraction of sp³-hybridized carbons (Fsp3) is 0.188. The van der Waals surface area contributed by atoms with Crippen molar-refractivity contribution in [1.82, 2.24) is 0 Å². The Morgan fingerprint density at radius 1 is 1.17 bits per heavy atom. The molecule has 0 fully saturated rings. The smallest absolute Gasteiger partial charge is 0.486 e. The summed E-state index contributed by atoms with van der Waals surface area (Å²) in [6, 6.07) is 7.39. The van der Waals surface area contributed by atoms with Crippen molar-refractivity contribution in [3.8, 4) is 11.5 Å². The van der Waals surface area contributed by atoms with Crippen LogP contribution in [0.5, 0.6) is 11.5 Å². The molecule has 0 aromatic heterocycles. The van der Waals surface area contributed by atoms with Crippen LogP contribution in [-0.2, 0) is 11.3 Å². The van der Waals surface area contributed by atoms with Gasteiger partial charge in [0.15, 0.2) is 11.6 Å². The van der Waals surface area contributed by atoms with Crippen molar-refractivity contribution < 1.29 is 23.4 Å². The van der Waals surface area contributed by atoms with Gasteiger partial charge in [-0.1, -0.05) is 29.3 Å². The molecule has 0 spiro atoms. The maximum absolute atomic E-state index is 13.9. The Bertz CT molecular complexity index is 734. The van der Waals surface area contributed by atoms with E-state index >= 15 is 0 Å². The zero-order valence-corrected chi connectivity index (χ0v) is 13.9. The highest BCUT2D eigenvalue weighted by Crippen LogP contribution is 2.30. The van der Waals surface area contributed by atoms with Crippen molar-refractivity contribution in [2.45, 2.75) is 13.5 Å². The van der Waals surface area contributed by atoms with Crippen molar-refractivity contribution in [1.29, 1.82) is 0 Å². The van der Waals surface area contributed by atoms with E-state index < -0.39 is 12.0 Å². The van der Waals surface area contributed by atoms with Gasteiger partial charge in [0.05, 0.1) is 17.7 Å². The van der Waals surface area contributed by atoms with Gasteiger partial charge in [0.25, 0.3) is 0 Å². The van der Waals surface area contributed by atoms with Crippen LogP contribution in [0.4, 0.5) is 9.18 Å². The maximum Gasteiger partial charge on any atom is 0.513 e. The molecule has 0 N–H and O–H groups in total. The first-order chi connectivity index (χ1) is 10.9. The number of carbonyl (C=O) groups excluding carboxylic acids is 1. The normalized spacial score (nSPS) is 10.3. The number of carbonyl (C=O) groups is 1. The Hall–Kier alpha value is -1.98. The average Bonchev–Trinajstić information content (AvgIpc) is 2.51. The van der Waals surface area contributed by atoms with Crippen LogP contribution < -0.4 is 9.47 Å². The van der Waals surface area contributed by atoms with E-state index in [2.05, 4.69) is 4.74 Å². The quantitative estimate of drug-likeness (QED) is 0.558. The van der Waals surface area contributed by atoms with Gasteiger partial charge in [-0.3, -0.25) is 0 Å². The number of methoxy groups -OCH3 is 1. The standard InChI is InChI=1S/C16H13Cl2FO4/c1-9-6-13(19)15(7-12(9)18)22-8-10-11(17)4-3-5-14(10)23-16(20)21-2/h3-7H,8H2,1-2H3. The van der Waals surface area contributed by atoms with Crippen LogP contribution in [0.25, 0.3) is 0 Å². The van der Waals surface area contributed by atoms with Gasteiger partial charge in [-0.05, 0) is 30.7 Å². The van der Waals surface area contributed by atoms with Crippen LogP contribution in [0.2, 0.25) is 10.0 Å². The highest BCUT2D eigenvalue weighted by Gasteiger charge is 2.15. The first-order valence-corrected chi connectivity index (χ1v) is 7.29. The molecule has 0 aliphatic heterocycles. The summed E-state index contributed by atoms with van der Waals surface area (Å²) in [7, 11) is 1.19. The predicted molar refractivity (Wildman–Crippen MR) is 85.0 cm³/mol. The summed E-state index contributed by atoms with van der Waals surface area (Å²) in [6.07, 6.45) is -0.891. The average molecular weight is 359 g/mol. The van der Waals surface area contributed by atoms with E-state index in [9.17, 15) is 9.18 Å². The number of rotatable bonds is 4. The second-order valence-corrected chi connectivity index (χ2v) is 5.41. The fourth-order valence-corrected chi connectivity index (χ4v) is 2.17. The molecule has 0 unspecified atom stereocenters. The molecule has 122 valence electrons. The summed E-state index contributed by atoms with van der Waals surface area (Å²) in [6.45, 7) is 1.58. The van der Waals surface area contributed by atoms with Crippen molar-refractivity contribution >= 4 is 29.4 Å². The number of ether oxygens (including phenoxy) is 3. The number of hydrogen-bond donors (Lipinski definition) is 0. The molecule has 0 amide bonds. The third-order valence-corrected chi connectivity index (χ3v) is 3.78. The van der Waals surface area contributed by atoms with E-state index in [1.165, 1.54) is 25.3 Å². The number of halogens is 3. The van der Waals surface area contributed by atoms with Crippen molar-refractivity contribution in [3.05, 3.63) is 57.3 Å². The molecule has 0 saturated carbocycles. The van der Waals surface area contributed by atoms with Crippen molar-refractivity contribution in [2.24, 2.45) is 0 Å². The maximum atomic E-state index is 13.9. The summed E-state index contributed by atoms with van der Waals surface area (Å²) < 4.78 is 28.7. The third-order valence-electron chi connectivity index (χ3n) is 3.02. The largest absolute Gasteiger partial charge is 0.513 e. The highest BCUT2D eigenvalue weighted by molar-refractivity contribution is 6.31. The zero-order chi connectivity index (χ0) is 17.0. The first kappa shape index (κ1) is 17.4. The number of aryl methyl sites for hydroxylation is 1. The molecule has 23 heavy (non-hydrogen) atoms. The van der Waals surface area contributed by atoms with Crippen molar-refractivity contribution in [2.75, 3.05) is 7.11 Å². The monoisotopic (exact) mass is 358 g/mol. The molecule has 0 heterocycles. The predicted octanol–water partition coefficient (Wildman–Crippen LogP) is 5.17. The van der Waals surface area contributed by atoms with Crippen LogP contribution >= 0.6 is 23.2 Å². The van der Waals surface area contributed by atoms with Crippen LogP contribution in [0.1, 0.15) is 11.1 Å². The second-order valence-electron chi connectivity index (χ2n) is 4.59. The molecule has 4 nitrogen and oxygen atoms in total. The first-order valence-electron chi connectivity index (χ1n) is 6.54. The fourth-order valence-electron chi connectivity index (χ4n) is 1.79. The minimum atomic E-state index is -0.891. The van der Waals surface area contributed by atoms with E-state index in [1.54, 1.807) is 19.1 Å². The molecule has 2 aromatic rings. The van der Waals surface area contributed by atoms with E-state index in [0.717, 1.165) is 0 Å². The summed E-state index contributed by atoms with van der Waals surface area (Å²) in [5.74, 6) is -0.401. The lowest BCUT2D eigenvalue weighted by atomic mass is 10.2. The summed E-state index contributed by atoms with van der Waals surface area (Å²) >= 11 is 12.0.